The molecule has 15 heavy (non-hydrogen) atoms. The molecule has 0 aliphatic heterocycles. The van der Waals surface area contributed by atoms with Crippen molar-refractivity contribution in [3.63, 3.8) is 0 Å². The van der Waals surface area contributed by atoms with Crippen LogP contribution in [0, 0.1) is 13.8 Å². The van der Waals surface area contributed by atoms with E-state index in [1.807, 2.05) is 26.0 Å². The van der Waals surface area contributed by atoms with Crippen LogP contribution in [0.15, 0.2) is 12.1 Å². The number of carbonyl (C=O) groups is 1. The van der Waals surface area contributed by atoms with Crippen LogP contribution >= 0.6 is 11.6 Å². The lowest BCUT2D eigenvalue weighted by molar-refractivity contribution is -0.140. The minimum absolute atomic E-state index is 0.179. The molecule has 0 radical (unpaired) electrons. The molecule has 0 aromatic heterocycles. The third kappa shape index (κ3) is 3.24. The Morgan fingerprint density at radius 3 is 2.60 bits per heavy atom. The van der Waals surface area contributed by atoms with Crippen LogP contribution in [0.2, 0.25) is 5.02 Å². The molecular weight excluding hydrogens is 212 g/mol. The normalized spacial score (nSPS) is 10.1. The van der Waals surface area contributed by atoms with Gasteiger partial charge in [-0.2, -0.15) is 0 Å². The summed E-state index contributed by atoms with van der Waals surface area (Å²) in [5.74, 6) is -0.179. The van der Waals surface area contributed by atoms with Gasteiger partial charge in [-0.1, -0.05) is 17.7 Å². The van der Waals surface area contributed by atoms with Gasteiger partial charge in [0, 0.05) is 11.4 Å². The monoisotopic (exact) mass is 226 g/mol. The predicted octanol–water partition coefficient (Wildman–Crippen LogP) is 3.06. The highest BCUT2D eigenvalue weighted by molar-refractivity contribution is 6.31. The number of aryl methyl sites for hydroxylation is 3. The highest BCUT2D eigenvalue weighted by atomic mass is 35.5. The van der Waals surface area contributed by atoms with E-state index in [1.165, 1.54) is 7.11 Å². The fourth-order valence-corrected chi connectivity index (χ4v) is 1.67. The number of benzene rings is 1. The van der Waals surface area contributed by atoms with E-state index in [1.54, 1.807) is 0 Å². The van der Waals surface area contributed by atoms with Gasteiger partial charge in [0.25, 0.3) is 0 Å². The third-order valence-corrected chi connectivity index (χ3v) is 2.85. The summed E-state index contributed by atoms with van der Waals surface area (Å²) in [5.41, 5.74) is 3.32. The number of ether oxygens (including phenoxy) is 1. The minimum Gasteiger partial charge on any atom is -0.469 e. The third-order valence-electron chi connectivity index (χ3n) is 2.44. The smallest absolute Gasteiger partial charge is 0.305 e. The van der Waals surface area contributed by atoms with Crippen molar-refractivity contribution >= 4 is 17.6 Å². The van der Waals surface area contributed by atoms with Crippen LogP contribution in [0.25, 0.3) is 0 Å². The number of esters is 1. The molecule has 3 heteroatoms. The SMILES string of the molecule is COC(=O)CCc1cc(C)c(Cl)cc1C. The van der Waals surface area contributed by atoms with Crippen molar-refractivity contribution in [1.82, 2.24) is 0 Å². The van der Waals surface area contributed by atoms with Crippen LogP contribution in [-0.4, -0.2) is 13.1 Å². The zero-order valence-corrected chi connectivity index (χ0v) is 10.0. The van der Waals surface area contributed by atoms with Crippen LogP contribution < -0.4 is 0 Å². The number of halogens is 1. The molecule has 2 nitrogen and oxygen atoms in total. The number of rotatable bonds is 3. The van der Waals surface area contributed by atoms with Crippen LogP contribution in [0.3, 0.4) is 0 Å². The van der Waals surface area contributed by atoms with Gasteiger partial charge in [0.15, 0.2) is 0 Å². The lowest BCUT2D eigenvalue weighted by Crippen LogP contribution is -2.03. The number of hydrogen-bond acceptors (Lipinski definition) is 2. The fourth-order valence-electron chi connectivity index (χ4n) is 1.45. The summed E-state index contributed by atoms with van der Waals surface area (Å²) in [6.07, 6.45) is 1.12. The zero-order valence-electron chi connectivity index (χ0n) is 9.26. The first-order valence-corrected chi connectivity index (χ1v) is 5.25. The van der Waals surface area contributed by atoms with Gasteiger partial charge in [0.1, 0.15) is 0 Å². The molecule has 0 fully saturated rings. The summed E-state index contributed by atoms with van der Waals surface area (Å²) in [4.78, 5) is 11.0. The molecule has 0 saturated heterocycles. The van der Waals surface area contributed by atoms with Gasteiger partial charge >= 0.3 is 5.97 Å². The second kappa shape index (κ2) is 5.17. The molecule has 1 rings (SSSR count). The second-order valence-corrected chi connectivity index (χ2v) is 4.01. The molecule has 0 spiro atoms. The quantitative estimate of drug-likeness (QED) is 0.741. The van der Waals surface area contributed by atoms with Gasteiger partial charge in [0.2, 0.25) is 0 Å². The Hall–Kier alpha value is -1.02. The molecule has 0 atom stereocenters. The lowest BCUT2D eigenvalue weighted by Gasteiger charge is -2.08. The number of hydrogen-bond donors (Lipinski definition) is 0. The Labute approximate surface area is 95.2 Å². The fraction of sp³-hybridized carbons (Fsp3) is 0.417. The zero-order chi connectivity index (χ0) is 11.4. The lowest BCUT2D eigenvalue weighted by atomic mass is 10.0. The first-order valence-electron chi connectivity index (χ1n) is 4.87. The van der Waals surface area contributed by atoms with Gasteiger partial charge in [-0.25, -0.2) is 0 Å². The first kappa shape index (κ1) is 12.1. The molecule has 0 aliphatic rings. The van der Waals surface area contributed by atoms with Gasteiger partial charge < -0.3 is 4.74 Å². The van der Waals surface area contributed by atoms with E-state index in [0.717, 1.165) is 21.7 Å². The molecule has 0 amide bonds. The van der Waals surface area contributed by atoms with Crippen molar-refractivity contribution in [1.29, 1.82) is 0 Å². The highest BCUT2D eigenvalue weighted by Gasteiger charge is 2.06. The van der Waals surface area contributed by atoms with Crippen molar-refractivity contribution in [2.45, 2.75) is 26.7 Å². The van der Waals surface area contributed by atoms with Crippen LogP contribution in [-0.2, 0) is 16.0 Å². The van der Waals surface area contributed by atoms with Crippen LogP contribution in [0.5, 0.6) is 0 Å². The highest BCUT2D eigenvalue weighted by Crippen LogP contribution is 2.21. The van der Waals surface area contributed by atoms with E-state index >= 15 is 0 Å². The second-order valence-electron chi connectivity index (χ2n) is 3.60. The van der Waals surface area contributed by atoms with E-state index in [0.29, 0.717) is 12.8 Å². The molecule has 0 bridgehead atoms. The number of methoxy groups -OCH3 is 1. The Morgan fingerprint density at radius 1 is 1.33 bits per heavy atom. The average Bonchev–Trinajstić information content (AvgIpc) is 2.21. The molecule has 82 valence electrons. The van der Waals surface area contributed by atoms with Gasteiger partial charge in [-0.15, -0.1) is 0 Å². The maximum absolute atomic E-state index is 11.0. The molecule has 0 aliphatic carbocycles. The number of carbonyl (C=O) groups excluding carboxylic acids is 1. The summed E-state index contributed by atoms with van der Waals surface area (Å²) in [6.45, 7) is 3.96. The predicted molar refractivity (Wildman–Crippen MR) is 61.3 cm³/mol. The summed E-state index contributed by atoms with van der Waals surface area (Å²) < 4.78 is 4.60. The van der Waals surface area contributed by atoms with Gasteiger partial charge in [-0.05, 0) is 43.0 Å². The van der Waals surface area contributed by atoms with Crippen LogP contribution in [0.1, 0.15) is 23.1 Å². The van der Waals surface area contributed by atoms with E-state index in [-0.39, 0.29) is 5.97 Å². The van der Waals surface area contributed by atoms with E-state index in [9.17, 15) is 4.79 Å². The van der Waals surface area contributed by atoms with Crippen molar-refractivity contribution in [2.24, 2.45) is 0 Å². The van der Waals surface area contributed by atoms with Gasteiger partial charge in [-0.3, -0.25) is 4.79 Å². The van der Waals surface area contributed by atoms with Crippen molar-refractivity contribution in [3.8, 4) is 0 Å². The van der Waals surface area contributed by atoms with Crippen molar-refractivity contribution in [2.75, 3.05) is 7.11 Å². The van der Waals surface area contributed by atoms with E-state index < -0.39 is 0 Å². The molecule has 0 N–H and O–H groups in total. The standard InChI is InChI=1S/C12H15ClO2/c1-8-7-11(13)9(2)6-10(8)4-5-12(14)15-3/h6-7H,4-5H2,1-3H3. The molecule has 0 unspecified atom stereocenters. The summed E-state index contributed by atoms with van der Waals surface area (Å²) in [5, 5.41) is 0.773. The summed E-state index contributed by atoms with van der Waals surface area (Å²) in [7, 11) is 1.41. The van der Waals surface area contributed by atoms with Gasteiger partial charge in [0.05, 0.1) is 7.11 Å². The molecular formula is C12H15ClO2. The first-order chi connectivity index (χ1) is 7.04. The molecule has 1 aromatic carbocycles. The average molecular weight is 227 g/mol. The molecule has 0 saturated carbocycles. The Morgan fingerprint density at radius 2 is 2.00 bits per heavy atom. The maximum Gasteiger partial charge on any atom is 0.305 e. The molecule has 0 heterocycles. The van der Waals surface area contributed by atoms with Crippen molar-refractivity contribution < 1.29 is 9.53 Å². The summed E-state index contributed by atoms with van der Waals surface area (Å²) in [6, 6.07) is 3.96. The maximum atomic E-state index is 11.0. The van der Waals surface area contributed by atoms with Crippen LogP contribution in [0.4, 0.5) is 0 Å². The Bertz CT molecular complexity index is 372. The Balaban J connectivity index is 2.77. The van der Waals surface area contributed by atoms with Crippen molar-refractivity contribution in [3.05, 3.63) is 33.8 Å². The summed E-state index contributed by atoms with van der Waals surface area (Å²) >= 11 is 5.98. The topological polar surface area (TPSA) is 26.3 Å². The van der Waals surface area contributed by atoms with E-state index in [4.69, 9.17) is 11.6 Å². The largest absolute Gasteiger partial charge is 0.469 e. The molecule has 1 aromatic rings. The minimum atomic E-state index is -0.179. The Kier molecular flexibility index (Phi) is 4.15. The van der Waals surface area contributed by atoms with E-state index in [2.05, 4.69) is 4.74 Å².